The second-order valence-corrected chi connectivity index (χ2v) is 23.7. The number of unbranched alkanes of at least 4 members (excludes halogenated alkanes) is 29. The Hall–Kier alpha value is -4.05. The van der Waals surface area contributed by atoms with Gasteiger partial charge < -0.3 is 28.5 Å². The van der Waals surface area contributed by atoms with E-state index in [1.807, 2.05) is 21.1 Å². The highest BCUT2D eigenvalue weighted by molar-refractivity contribution is 5.71. The number of esters is 2. The van der Waals surface area contributed by atoms with Crippen LogP contribution in [0.5, 0.6) is 0 Å². The van der Waals surface area contributed by atoms with Gasteiger partial charge in [0.05, 0.1) is 34.4 Å². The van der Waals surface area contributed by atoms with Gasteiger partial charge in [-0.2, -0.15) is 0 Å². The lowest BCUT2D eigenvalue weighted by Gasteiger charge is -2.25. The molecule has 0 fully saturated rings. The summed E-state index contributed by atoms with van der Waals surface area (Å²) in [5.41, 5.74) is 0. The summed E-state index contributed by atoms with van der Waals surface area (Å²) in [5, 5.41) is 9.73. The molecule has 0 aromatic carbocycles. The molecule has 83 heavy (non-hydrogen) atoms. The van der Waals surface area contributed by atoms with E-state index in [4.69, 9.17) is 18.9 Å². The normalized spacial score (nSPS) is 13.4. The van der Waals surface area contributed by atoms with Gasteiger partial charge in [0.15, 0.2) is 6.10 Å². The summed E-state index contributed by atoms with van der Waals surface area (Å²) in [6, 6.07) is 0. The second-order valence-electron chi connectivity index (χ2n) is 23.7. The minimum atomic E-state index is -1.52. The van der Waals surface area contributed by atoms with Crippen molar-refractivity contribution >= 4 is 17.9 Å². The lowest BCUT2D eigenvalue weighted by atomic mass is 10.0. The third-order valence-corrected chi connectivity index (χ3v) is 14.5. The van der Waals surface area contributed by atoms with Crippen LogP contribution in [0.4, 0.5) is 0 Å². The van der Waals surface area contributed by atoms with Crippen molar-refractivity contribution in [3.8, 4) is 0 Å². The summed E-state index contributed by atoms with van der Waals surface area (Å²) in [5.74, 6) is -2.03. The van der Waals surface area contributed by atoms with E-state index in [-0.39, 0.29) is 32.2 Å². The quantitative estimate of drug-likeness (QED) is 0.0211. The molecule has 0 aliphatic heterocycles. The van der Waals surface area contributed by atoms with E-state index < -0.39 is 24.3 Å². The van der Waals surface area contributed by atoms with Gasteiger partial charge in [0, 0.05) is 12.8 Å². The molecule has 2 atom stereocenters. The molecule has 0 saturated heterocycles. The molecule has 9 heteroatoms. The van der Waals surface area contributed by atoms with Crippen molar-refractivity contribution in [1.82, 2.24) is 0 Å². The van der Waals surface area contributed by atoms with Gasteiger partial charge in [0.1, 0.15) is 13.2 Å². The molecule has 0 aliphatic carbocycles. The molecule has 1 N–H and O–H groups in total. The van der Waals surface area contributed by atoms with E-state index in [2.05, 4.69) is 123 Å². The molecule has 476 valence electrons. The molecule has 0 aromatic heterocycles. The summed E-state index contributed by atoms with van der Waals surface area (Å²) in [6.45, 7) is 4.64. The van der Waals surface area contributed by atoms with Gasteiger partial charge in [-0.25, -0.2) is 4.79 Å². The van der Waals surface area contributed by atoms with Crippen molar-refractivity contribution < 1.29 is 42.9 Å². The highest BCUT2D eigenvalue weighted by atomic mass is 16.7. The number of aliphatic carboxylic acids is 1. The topological polar surface area (TPSA) is 108 Å². The fourth-order valence-corrected chi connectivity index (χ4v) is 9.39. The predicted octanol–water partition coefficient (Wildman–Crippen LogP) is 21.0. The Bertz CT molecular complexity index is 1730. The van der Waals surface area contributed by atoms with Crippen LogP contribution in [0.25, 0.3) is 0 Å². The highest BCUT2D eigenvalue weighted by Gasteiger charge is 2.25. The van der Waals surface area contributed by atoms with Crippen molar-refractivity contribution in [2.24, 2.45) is 0 Å². The van der Waals surface area contributed by atoms with E-state index >= 15 is 0 Å². The zero-order valence-corrected chi connectivity index (χ0v) is 54.3. The fourth-order valence-electron chi connectivity index (χ4n) is 9.39. The van der Waals surface area contributed by atoms with E-state index in [1.165, 1.54) is 141 Å². The summed E-state index contributed by atoms with van der Waals surface area (Å²) in [4.78, 5) is 37.6. The van der Waals surface area contributed by atoms with E-state index in [9.17, 15) is 19.5 Å². The molecular formula is C74H128NO8+. The predicted molar refractivity (Wildman–Crippen MR) is 355 cm³/mol. The van der Waals surface area contributed by atoms with Crippen molar-refractivity contribution in [2.45, 2.75) is 296 Å². The first-order valence-corrected chi connectivity index (χ1v) is 34.1. The summed E-state index contributed by atoms with van der Waals surface area (Å²) < 4.78 is 22.9. The Labute approximate surface area is 511 Å². The zero-order valence-electron chi connectivity index (χ0n) is 54.3. The third kappa shape index (κ3) is 65.3. The molecule has 0 radical (unpaired) electrons. The monoisotopic (exact) mass is 1160 g/mol. The Kier molecular flexibility index (Phi) is 60.8. The highest BCUT2D eigenvalue weighted by Crippen LogP contribution is 2.17. The first-order chi connectivity index (χ1) is 40.6. The minimum absolute atomic E-state index is 0.180. The number of carboxylic acids is 1. The van der Waals surface area contributed by atoms with Crippen LogP contribution in [-0.4, -0.2) is 87.4 Å². The summed E-state index contributed by atoms with van der Waals surface area (Å²) in [7, 11) is 5.97. The Balaban J connectivity index is 4.05. The Morgan fingerprint density at radius 3 is 0.964 bits per heavy atom. The van der Waals surface area contributed by atoms with Gasteiger partial charge in [-0.3, -0.25) is 9.59 Å². The number of ether oxygens (including phenoxy) is 4. The van der Waals surface area contributed by atoms with Crippen LogP contribution in [0.1, 0.15) is 284 Å². The lowest BCUT2D eigenvalue weighted by molar-refractivity contribution is -0.870. The van der Waals surface area contributed by atoms with Gasteiger partial charge >= 0.3 is 17.9 Å². The molecule has 0 amide bonds. The average molecular weight is 1160 g/mol. The number of hydrogen-bond donors (Lipinski definition) is 1. The van der Waals surface area contributed by atoms with Crippen LogP contribution >= 0.6 is 0 Å². The molecule has 0 aliphatic rings. The van der Waals surface area contributed by atoms with Crippen LogP contribution in [0.2, 0.25) is 0 Å². The number of allylic oxidation sites excluding steroid dienone is 18. The molecule has 0 bridgehead atoms. The molecule has 2 unspecified atom stereocenters. The number of carbonyl (C=O) groups excluding carboxylic acids is 2. The smallest absolute Gasteiger partial charge is 0.361 e. The largest absolute Gasteiger partial charge is 0.477 e. The van der Waals surface area contributed by atoms with Crippen molar-refractivity contribution in [2.75, 3.05) is 47.5 Å². The number of carboxylic acid groups (broad SMARTS) is 1. The second kappa shape index (κ2) is 64.0. The number of nitrogens with zero attached hydrogens (tertiary/aromatic N) is 1. The molecule has 0 aromatic rings. The number of hydrogen-bond acceptors (Lipinski definition) is 7. The first kappa shape index (κ1) is 79.0. The summed E-state index contributed by atoms with van der Waals surface area (Å²) in [6.07, 6.45) is 86.4. The summed E-state index contributed by atoms with van der Waals surface area (Å²) >= 11 is 0. The maximum Gasteiger partial charge on any atom is 0.361 e. The molecule has 0 heterocycles. The van der Waals surface area contributed by atoms with E-state index in [0.717, 1.165) is 109 Å². The maximum absolute atomic E-state index is 12.9. The Morgan fingerprint density at radius 2 is 0.651 bits per heavy atom. The lowest BCUT2D eigenvalue weighted by Crippen LogP contribution is -2.40. The average Bonchev–Trinajstić information content (AvgIpc) is 3.46. The van der Waals surface area contributed by atoms with Crippen LogP contribution < -0.4 is 0 Å². The van der Waals surface area contributed by atoms with Crippen molar-refractivity contribution in [3.05, 3.63) is 109 Å². The first-order valence-electron chi connectivity index (χ1n) is 34.1. The number of quaternary nitrogens is 1. The van der Waals surface area contributed by atoms with Gasteiger partial charge in [-0.1, -0.05) is 284 Å². The van der Waals surface area contributed by atoms with Gasteiger partial charge in [-0.15, -0.1) is 0 Å². The molecular weight excluding hydrogens is 1030 g/mol. The standard InChI is InChI=1S/C74H127NO8/c1-6-8-10-12-14-16-18-20-22-24-26-28-29-30-31-32-33-34-35-36-37-38-39-40-41-42-43-45-46-48-50-52-54-56-58-60-62-64-71(76)81-68-70(69-82-74(73(78)79)80-67-66-75(3,4)5)83-72(77)65-63-61-59-57-55-53-51-49-47-44-27-25-23-21-19-17-15-13-11-9-7-2/h8-11,14-17,20-23,26-28,44,49,51,70,74H,6-7,12-13,18-19,24-25,29-43,45-48,50,52-69H2,1-5H3/p+1/b10-8-,11-9-,16-14-,17-15-,22-20-,23-21-,28-26-,44-27-,51-49-. The molecule has 0 rings (SSSR count). The fraction of sp³-hybridized carbons (Fsp3) is 0.716. The Morgan fingerprint density at radius 1 is 0.361 bits per heavy atom. The molecule has 0 spiro atoms. The maximum atomic E-state index is 12.9. The van der Waals surface area contributed by atoms with E-state index in [0.29, 0.717) is 23.9 Å². The van der Waals surface area contributed by atoms with Crippen LogP contribution in [-0.2, 0) is 33.3 Å². The number of carbonyl (C=O) groups is 3. The molecule has 9 nitrogen and oxygen atoms in total. The van der Waals surface area contributed by atoms with Crippen LogP contribution in [0, 0.1) is 0 Å². The third-order valence-electron chi connectivity index (χ3n) is 14.5. The van der Waals surface area contributed by atoms with Gasteiger partial charge in [0.2, 0.25) is 0 Å². The number of likely N-dealkylation sites (N-methyl/N-ethyl adjacent to an activating group) is 1. The van der Waals surface area contributed by atoms with E-state index in [1.54, 1.807) is 0 Å². The number of rotatable bonds is 62. The SMILES string of the molecule is CC/C=C\C/C=C\C/C=C\C/C=C\C/C=C\CCCCCCCC(=O)OC(COC(=O)CCCCCCCCCCCCCCCCCCCCCCCCCC/C=C\C/C=C\C/C=C\C/C=C\CC)COC(OCC[N+](C)(C)C)C(=O)O. The molecule has 0 saturated carbocycles. The van der Waals surface area contributed by atoms with Crippen molar-refractivity contribution in [1.29, 1.82) is 0 Å². The van der Waals surface area contributed by atoms with Gasteiger partial charge in [0.25, 0.3) is 6.29 Å². The van der Waals surface area contributed by atoms with Crippen LogP contribution in [0.15, 0.2) is 109 Å². The van der Waals surface area contributed by atoms with Crippen molar-refractivity contribution in [3.63, 3.8) is 0 Å². The van der Waals surface area contributed by atoms with Crippen LogP contribution in [0.3, 0.4) is 0 Å². The minimum Gasteiger partial charge on any atom is -0.477 e. The van der Waals surface area contributed by atoms with Gasteiger partial charge in [-0.05, 0) is 96.3 Å². The zero-order chi connectivity index (χ0) is 60.5.